The largest absolute Gasteiger partial charge is 0.418 e. The Labute approximate surface area is 165 Å². The zero-order valence-corrected chi connectivity index (χ0v) is 15.7. The number of para-hydroxylation sites is 1. The summed E-state index contributed by atoms with van der Waals surface area (Å²) in [6.07, 6.45) is -1.65. The van der Waals surface area contributed by atoms with Gasteiger partial charge in [-0.05, 0) is 30.7 Å². The molecule has 3 aromatic rings. The van der Waals surface area contributed by atoms with Crippen LogP contribution in [0.1, 0.15) is 31.1 Å². The van der Waals surface area contributed by atoms with Crippen molar-refractivity contribution in [3.63, 3.8) is 0 Å². The van der Waals surface area contributed by atoms with Gasteiger partial charge in [0, 0.05) is 23.7 Å². The maximum atomic E-state index is 13.0. The molecule has 5 nitrogen and oxygen atoms in total. The summed E-state index contributed by atoms with van der Waals surface area (Å²) in [7, 11) is 0. The van der Waals surface area contributed by atoms with Crippen molar-refractivity contribution in [2.75, 3.05) is 10.6 Å². The lowest BCUT2D eigenvalue weighted by Gasteiger charge is -2.14. The van der Waals surface area contributed by atoms with Crippen LogP contribution in [0, 0.1) is 0 Å². The van der Waals surface area contributed by atoms with E-state index in [1.807, 2.05) is 6.07 Å². The summed E-state index contributed by atoms with van der Waals surface area (Å²) in [6.45, 7) is 2.10. The van der Waals surface area contributed by atoms with Gasteiger partial charge in [-0.15, -0.1) is 0 Å². The van der Waals surface area contributed by atoms with E-state index in [1.165, 1.54) is 18.2 Å². The van der Waals surface area contributed by atoms with E-state index < -0.39 is 17.8 Å². The molecule has 0 radical (unpaired) electrons. The fourth-order valence-corrected chi connectivity index (χ4v) is 2.77. The van der Waals surface area contributed by atoms with Crippen molar-refractivity contribution in [2.24, 2.45) is 0 Å². The number of aryl methyl sites for hydroxylation is 1. The molecule has 0 atom stereocenters. The van der Waals surface area contributed by atoms with Gasteiger partial charge in [0.1, 0.15) is 11.5 Å². The summed E-state index contributed by atoms with van der Waals surface area (Å²) >= 11 is 0. The van der Waals surface area contributed by atoms with Gasteiger partial charge in [-0.1, -0.05) is 42.8 Å². The minimum Gasteiger partial charge on any atom is -0.361 e. The van der Waals surface area contributed by atoms with Crippen molar-refractivity contribution in [1.29, 1.82) is 0 Å². The quantitative estimate of drug-likeness (QED) is 0.504. The Morgan fingerprint density at radius 3 is 2.48 bits per heavy atom. The van der Waals surface area contributed by atoms with E-state index in [4.69, 9.17) is 4.52 Å². The third-order valence-corrected chi connectivity index (χ3v) is 4.25. The average molecular weight is 403 g/mol. The zero-order chi connectivity index (χ0) is 20.9. The predicted molar refractivity (Wildman–Crippen MR) is 105 cm³/mol. The van der Waals surface area contributed by atoms with Crippen LogP contribution in [-0.2, 0) is 12.6 Å². The number of hydrogen-bond donors (Lipinski definition) is 2. The number of nitrogens with one attached hydrogen (secondary N) is 2. The molecule has 2 N–H and O–H groups in total. The molecule has 3 rings (SSSR count). The zero-order valence-electron chi connectivity index (χ0n) is 15.7. The Balaban J connectivity index is 1.64. The number of alkyl halides is 3. The highest BCUT2D eigenvalue weighted by atomic mass is 19.4. The highest BCUT2D eigenvalue weighted by Crippen LogP contribution is 2.34. The number of hydrogen-bond acceptors (Lipinski definition) is 3. The van der Waals surface area contributed by atoms with Crippen LogP contribution in [0.15, 0.2) is 59.1 Å². The summed E-state index contributed by atoms with van der Waals surface area (Å²) in [4.78, 5) is 12.1. The molecule has 0 unspecified atom stereocenters. The highest BCUT2D eigenvalue weighted by Gasteiger charge is 2.33. The van der Waals surface area contributed by atoms with E-state index in [9.17, 15) is 18.0 Å². The van der Waals surface area contributed by atoms with Gasteiger partial charge >= 0.3 is 12.2 Å². The Morgan fingerprint density at radius 2 is 1.79 bits per heavy atom. The van der Waals surface area contributed by atoms with Crippen LogP contribution in [0.25, 0.3) is 11.3 Å². The minimum absolute atomic E-state index is 0.309. The van der Waals surface area contributed by atoms with Crippen molar-refractivity contribution in [2.45, 2.75) is 32.4 Å². The molecule has 2 amide bonds. The lowest BCUT2D eigenvalue weighted by Crippen LogP contribution is -2.21. The van der Waals surface area contributed by atoms with Gasteiger partial charge in [-0.2, -0.15) is 13.2 Å². The second-order valence-electron chi connectivity index (χ2n) is 6.48. The molecule has 2 aromatic carbocycles. The monoisotopic (exact) mass is 403 g/mol. The Bertz CT molecular complexity index is 966. The van der Waals surface area contributed by atoms with Crippen molar-refractivity contribution in [3.8, 4) is 11.3 Å². The smallest absolute Gasteiger partial charge is 0.361 e. The molecule has 0 aliphatic rings. The van der Waals surface area contributed by atoms with Gasteiger partial charge < -0.3 is 15.2 Å². The van der Waals surface area contributed by atoms with Crippen LogP contribution in [0.5, 0.6) is 0 Å². The van der Waals surface area contributed by atoms with Crippen molar-refractivity contribution in [1.82, 2.24) is 5.16 Å². The molecular weight excluding hydrogens is 383 g/mol. The number of anilines is 2. The SMILES string of the molecule is CCCCc1cc(-c2ccc(NC(=O)Nc3ccccc3C(F)(F)F)cc2)no1. The molecule has 1 heterocycles. The first-order valence-electron chi connectivity index (χ1n) is 9.17. The number of benzene rings is 2. The molecule has 8 heteroatoms. The number of nitrogens with zero attached hydrogens (tertiary/aromatic N) is 1. The number of unbranched alkanes of at least 4 members (excludes halogenated alkanes) is 1. The number of carbonyl (C=O) groups excluding carboxylic acids is 1. The van der Waals surface area contributed by atoms with Crippen LogP contribution in [0.3, 0.4) is 0 Å². The van der Waals surface area contributed by atoms with Crippen molar-refractivity contribution < 1.29 is 22.5 Å². The van der Waals surface area contributed by atoms with Gasteiger partial charge in [0.05, 0.1) is 11.3 Å². The van der Waals surface area contributed by atoms with Crippen LogP contribution >= 0.6 is 0 Å². The van der Waals surface area contributed by atoms with Gasteiger partial charge in [0.2, 0.25) is 0 Å². The van der Waals surface area contributed by atoms with E-state index in [0.29, 0.717) is 11.4 Å². The number of urea groups is 1. The third-order valence-electron chi connectivity index (χ3n) is 4.25. The molecule has 0 bridgehead atoms. The molecule has 0 aliphatic heterocycles. The third kappa shape index (κ3) is 5.37. The number of rotatable bonds is 6. The van der Waals surface area contributed by atoms with E-state index in [2.05, 4.69) is 22.7 Å². The lowest BCUT2D eigenvalue weighted by molar-refractivity contribution is -0.136. The number of aromatic nitrogens is 1. The van der Waals surface area contributed by atoms with E-state index in [0.717, 1.165) is 36.7 Å². The summed E-state index contributed by atoms with van der Waals surface area (Å²) < 4.78 is 44.3. The number of amides is 2. The number of halogens is 3. The topological polar surface area (TPSA) is 67.2 Å². The van der Waals surface area contributed by atoms with Gasteiger partial charge in [-0.25, -0.2) is 4.79 Å². The van der Waals surface area contributed by atoms with Crippen molar-refractivity contribution >= 4 is 17.4 Å². The fraction of sp³-hybridized carbons (Fsp3) is 0.238. The maximum absolute atomic E-state index is 13.0. The van der Waals surface area contributed by atoms with Crippen LogP contribution in [0.2, 0.25) is 0 Å². The van der Waals surface area contributed by atoms with Gasteiger partial charge in [0.15, 0.2) is 0 Å². The second-order valence-corrected chi connectivity index (χ2v) is 6.48. The fourth-order valence-electron chi connectivity index (χ4n) is 2.77. The normalized spacial score (nSPS) is 11.3. The summed E-state index contributed by atoms with van der Waals surface area (Å²) in [5.74, 6) is 0.812. The Kier molecular flexibility index (Phi) is 6.21. The van der Waals surface area contributed by atoms with E-state index >= 15 is 0 Å². The number of carbonyl (C=O) groups is 1. The van der Waals surface area contributed by atoms with E-state index in [-0.39, 0.29) is 5.69 Å². The van der Waals surface area contributed by atoms with Crippen molar-refractivity contribution in [3.05, 3.63) is 65.9 Å². The molecule has 0 saturated heterocycles. The lowest BCUT2D eigenvalue weighted by atomic mass is 10.1. The van der Waals surface area contributed by atoms with E-state index in [1.54, 1.807) is 24.3 Å². The van der Waals surface area contributed by atoms with Crippen LogP contribution in [0.4, 0.5) is 29.3 Å². The average Bonchev–Trinajstić information content (AvgIpc) is 3.15. The standard InChI is InChI=1S/C21H20F3N3O2/c1-2-3-6-16-13-19(27-29-16)14-9-11-15(12-10-14)25-20(28)26-18-8-5-4-7-17(18)21(22,23)24/h4-5,7-13H,2-3,6H2,1H3,(H2,25,26,28). The highest BCUT2D eigenvalue weighted by molar-refractivity contribution is 6.00. The van der Waals surface area contributed by atoms with Crippen LogP contribution in [-0.4, -0.2) is 11.2 Å². The summed E-state index contributed by atoms with van der Waals surface area (Å²) in [5, 5.41) is 8.79. The minimum atomic E-state index is -4.56. The first-order chi connectivity index (χ1) is 13.9. The van der Waals surface area contributed by atoms with Crippen LogP contribution < -0.4 is 10.6 Å². The molecule has 0 saturated carbocycles. The molecule has 0 aliphatic carbocycles. The molecule has 1 aromatic heterocycles. The molecule has 0 spiro atoms. The molecule has 152 valence electrons. The first kappa shape index (κ1) is 20.4. The van der Waals surface area contributed by atoms with Gasteiger partial charge in [-0.3, -0.25) is 0 Å². The Hall–Kier alpha value is -3.29. The second kappa shape index (κ2) is 8.81. The Morgan fingerprint density at radius 1 is 1.07 bits per heavy atom. The first-order valence-corrected chi connectivity index (χ1v) is 9.17. The summed E-state index contributed by atoms with van der Waals surface area (Å²) in [5.41, 5.74) is 0.716. The summed E-state index contributed by atoms with van der Waals surface area (Å²) in [6, 6.07) is 12.7. The van der Waals surface area contributed by atoms with Gasteiger partial charge in [0.25, 0.3) is 0 Å². The molecule has 0 fully saturated rings. The molecular formula is C21H20F3N3O2. The molecule has 29 heavy (non-hydrogen) atoms. The predicted octanol–water partition coefficient (Wildman–Crippen LogP) is 6.35. The maximum Gasteiger partial charge on any atom is 0.418 e.